The zero-order chi connectivity index (χ0) is 26.6. The molecule has 0 saturated carbocycles. The van der Waals surface area contributed by atoms with Crippen molar-refractivity contribution in [2.75, 3.05) is 38.1 Å². The van der Waals surface area contributed by atoms with E-state index in [9.17, 15) is 9.59 Å². The van der Waals surface area contributed by atoms with Crippen molar-refractivity contribution < 1.29 is 28.5 Å². The van der Waals surface area contributed by atoms with Gasteiger partial charge in [0, 0.05) is 11.4 Å². The van der Waals surface area contributed by atoms with Gasteiger partial charge in [-0.05, 0) is 38.1 Å². The summed E-state index contributed by atoms with van der Waals surface area (Å²) in [5.41, 5.74) is 1.28. The topological polar surface area (TPSA) is 120 Å². The van der Waals surface area contributed by atoms with Crippen molar-refractivity contribution in [3.05, 3.63) is 71.8 Å². The van der Waals surface area contributed by atoms with Gasteiger partial charge in [-0.15, -0.1) is 0 Å². The van der Waals surface area contributed by atoms with Crippen LogP contribution in [0.15, 0.2) is 70.6 Å². The van der Waals surface area contributed by atoms with E-state index in [0.717, 1.165) is 22.7 Å². The quantitative estimate of drug-likeness (QED) is 0.222. The Hall–Kier alpha value is -4.38. The third-order valence-electron chi connectivity index (χ3n) is 4.67. The summed E-state index contributed by atoms with van der Waals surface area (Å²) in [6.07, 6.45) is 0. The van der Waals surface area contributed by atoms with E-state index in [4.69, 9.17) is 18.9 Å². The number of ether oxygens (including phenoxy) is 4. The minimum absolute atomic E-state index is 0.0800. The fourth-order valence-corrected chi connectivity index (χ4v) is 4.09. The molecule has 0 aliphatic carbocycles. The largest absolute Gasteiger partial charge is 0.468 e. The molecular formula is C26H28N4O6S. The number of hydrogen-bond donors (Lipinski definition) is 2. The molecule has 0 aliphatic rings. The zero-order valence-corrected chi connectivity index (χ0v) is 21.8. The smallest absolute Gasteiger partial charge is 0.342 e. The van der Waals surface area contributed by atoms with Crippen LogP contribution in [-0.4, -0.2) is 51.4 Å². The maximum atomic E-state index is 13.0. The fraction of sp³-hybridized carbons (Fsp3) is 0.231. The predicted octanol–water partition coefficient (Wildman–Crippen LogP) is 5.59. The van der Waals surface area contributed by atoms with Crippen LogP contribution < -0.4 is 10.6 Å². The number of benzene rings is 2. The molecule has 0 atom stereocenters. The molecule has 37 heavy (non-hydrogen) atoms. The highest BCUT2D eigenvalue weighted by Crippen LogP contribution is 2.43. The van der Waals surface area contributed by atoms with Crippen molar-refractivity contribution in [2.45, 2.75) is 13.8 Å². The Bertz CT molecular complexity index is 1160. The average molecular weight is 525 g/mol. The number of aliphatic imine (C=N–C) groups is 2. The first-order valence-corrected chi connectivity index (χ1v) is 12.2. The molecule has 2 aromatic carbocycles. The summed E-state index contributed by atoms with van der Waals surface area (Å²) >= 11 is 0.986. The van der Waals surface area contributed by atoms with E-state index < -0.39 is 11.9 Å². The molecule has 194 valence electrons. The Morgan fingerprint density at radius 3 is 1.41 bits per heavy atom. The van der Waals surface area contributed by atoms with Gasteiger partial charge in [0.2, 0.25) is 0 Å². The van der Waals surface area contributed by atoms with Crippen LogP contribution in [0.1, 0.15) is 34.6 Å². The number of methoxy groups -OCH3 is 2. The number of carbonyl (C=O) groups excluding carboxylic acids is 2. The molecule has 3 aromatic rings. The second-order valence-corrected chi connectivity index (χ2v) is 8.11. The molecule has 0 bridgehead atoms. The Balaban J connectivity index is 2.16. The molecule has 0 spiro atoms. The summed E-state index contributed by atoms with van der Waals surface area (Å²) in [4.78, 5) is 35.0. The van der Waals surface area contributed by atoms with E-state index in [1.54, 1.807) is 13.8 Å². The summed E-state index contributed by atoms with van der Waals surface area (Å²) in [6.45, 7) is 3.52. The van der Waals surface area contributed by atoms with Crippen molar-refractivity contribution in [1.29, 1.82) is 0 Å². The molecule has 2 N–H and O–H groups in total. The number of para-hydroxylation sites is 2. The number of rotatable bonds is 8. The third kappa shape index (κ3) is 7.31. The molecule has 0 unspecified atom stereocenters. The summed E-state index contributed by atoms with van der Waals surface area (Å²) in [5, 5.41) is 6.37. The highest BCUT2D eigenvalue weighted by atomic mass is 32.1. The van der Waals surface area contributed by atoms with Gasteiger partial charge in [-0.1, -0.05) is 47.7 Å². The van der Waals surface area contributed by atoms with E-state index in [-0.39, 0.29) is 46.4 Å². The number of esters is 2. The zero-order valence-electron chi connectivity index (χ0n) is 20.9. The minimum Gasteiger partial charge on any atom is -0.468 e. The van der Waals surface area contributed by atoms with Gasteiger partial charge in [0.1, 0.15) is 21.1 Å². The fourth-order valence-electron chi connectivity index (χ4n) is 3.07. The van der Waals surface area contributed by atoms with E-state index in [1.165, 1.54) is 14.2 Å². The maximum Gasteiger partial charge on any atom is 0.342 e. The number of thiophene rings is 1. The van der Waals surface area contributed by atoms with Crippen LogP contribution in [0.5, 0.6) is 0 Å². The maximum absolute atomic E-state index is 13.0. The van der Waals surface area contributed by atoms with Crippen LogP contribution in [0.4, 0.5) is 21.4 Å². The molecule has 0 radical (unpaired) electrons. The van der Waals surface area contributed by atoms with Crippen molar-refractivity contribution in [1.82, 2.24) is 0 Å². The number of nitrogens with one attached hydrogen (secondary N) is 2. The minimum atomic E-state index is -0.743. The summed E-state index contributed by atoms with van der Waals surface area (Å²) in [6, 6.07) is 18.7. The second kappa shape index (κ2) is 13.6. The normalized spacial score (nSPS) is 11.5. The highest BCUT2D eigenvalue weighted by Gasteiger charge is 2.31. The first-order valence-electron chi connectivity index (χ1n) is 11.4. The Labute approximate surface area is 219 Å². The molecule has 0 amide bonds. The van der Waals surface area contributed by atoms with Gasteiger partial charge in [-0.3, -0.25) is 0 Å². The lowest BCUT2D eigenvalue weighted by Gasteiger charge is -2.09. The lowest BCUT2D eigenvalue weighted by Crippen LogP contribution is -2.16. The molecule has 1 heterocycles. The van der Waals surface area contributed by atoms with Crippen LogP contribution in [0.2, 0.25) is 0 Å². The van der Waals surface area contributed by atoms with Crippen LogP contribution in [-0.2, 0) is 18.9 Å². The van der Waals surface area contributed by atoms with E-state index in [1.807, 2.05) is 60.7 Å². The van der Waals surface area contributed by atoms with E-state index in [2.05, 4.69) is 20.6 Å². The molecule has 0 saturated heterocycles. The molecule has 3 rings (SSSR count). The molecule has 10 nitrogen and oxygen atoms in total. The van der Waals surface area contributed by atoms with Gasteiger partial charge in [0.15, 0.2) is 0 Å². The Morgan fingerprint density at radius 1 is 0.703 bits per heavy atom. The van der Waals surface area contributed by atoms with Crippen LogP contribution in [0.25, 0.3) is 0 Å². The van der Waals surface area contributed by atoms with Crippen LogP contribution in [0, 0.1) is 0 Å². The number of carbonyl (C=O) groups is 2. The summed E-state index contributed by atoms with van der Waals surface area (Å²) in [7, 11) is 2.87. The third-order valence-corrected chi connectivity index (χ3v) is 5.65. The van der Waals surface area contributed by atoms with E-state index in [0.29, 0.717) is 0 Å². The second-order valence-electron chi connectivity index (χ2n) is 7.13. The average Bonchev–Trinajstić information content (AvgIpc) is 3.27. The number of amidine groups is 2. The SMILES string of the molecule is CCOC(=O)c1c(/N=C(/Nc2ccccc2)OC)sc(/N=C(/Nc2ccccc2)OC)c1C(=O)OCC. The number of anilines is 2. The van der Waals surface area contributed by atoms with E-state index >= 15 is 0 Å². The molecule has 0 fully saturated rings. The first-order chi connectivity index (χ1) is 18.0. The number of hydrogen-bond acceptors (Lipinski definition) is 9. The van der Waals surface area contributed by atoms with Gasteiger partial charge in [-0.25, -0.2) is 9.59 Å². The van der Waals surface area contributed by atoms with Crippen molar-refractivity contribution in [3.63, 3.8) is 0 Å². The lowest BCUT2D eigenvalue weighted by molar-refractivity contribution is 0.0481. The predicted molar refractivity (Wildman–Crippen MR) is 145 cm³/mol. The lowest BCUT2D eigenvalue weighted by atomic mass is 10.1. The van der Waals surface area contributed by atoms with Crippen LogP contribution >= 0.6 is 11.3 Å². The molecule has 0 aliphatic heterocycles. The van der Waals surface area contributed by atoms with Crippen molar-refractivity contribution >= 4 is 56.7 Å². The standard InChI is InChI=1S/C26H28N4O6S/c1-5-35-23(31)19-20(24(32)36-6-2)22(30-26(34-4)28-18-15-11-8-12-16-18)37-21(19)29-25(33-3)27-17-13-9-7-10-14-17/h7-16H,5-6H2,1-4H3,(H,27,29)(H,28,30). The molecular weight excluding hydrogens is 496 g/mol. The molecule has 11 heteroatoms. The summed E-state index contributed by atoms with van der Waals surface area (Å²) < 4.78 is 21.3. The summed E-state index contributed by atoms with van der Waals surface area (Å²) in [5.74, 6) is -1.49. The van der Waals surface area contributed by atoms with Gasteiger partial charge in [0.25, 0.3) is 12.0 Å². The highest BCUT2D eigenvalue weighted by molar-refractivity contribution is 7.20. The monoisotopic (exact) mass is 524 g/mol. The first kappa shape index (κ1) is 27.2. The van der Waals surface area contributed by atoms with Crippen molar-refractivity contribution in [2.24, 2.45) is 9.98 Å². The Kier molecular flexibility index (Phi) is 10.0. The van der Waals surface area contributed by atoms with Gasteiger partial charge in [0.05, 0.1) is 27.4 Å². The van der Waals surface area contributed by atoms with Gasteiger partial charge in [-0.2, -0.15) is 9.98 Å². The van der Waals surface area contributed by atoms with Gasteiger partial charge < -0.3 is 29.6 Å². The molecule has 1 aromatic heterocycles. The van der Waals surface area contributed by atoms with Crippen LogP contribution in [0.3, 0.4) is 0 Å². The Morgan fingerprint density at radius 2 is 1.08 bits per heavy atom. The number of nitrogens with zero attached hydrogens (tertiary/aromatic N) is 2. The van der Waals surface area contributed by atoms with Crippen molar-refractivity contribution in [3.8, 4) is 0 Å². The van der Waals surface area contributed by atoms with Gasteiger partial charge >= 0.3 is 11.9 Å².